The Morgan fingerprint density at radius 3 is 2.72 bits per heavy atom. The highest BCUT2D eigenvalue weighted by Crippen LogP contribution is 2.40. The van der Waals surface area contributed by atoms with Crippen LogP contribution in [0.5, 0.6) is 0 Å². The predicted molar refractivity (Wildman–Crippen MR) is 93.2 cm³/mol. The Morgan fingerprint density at radius 2 is 2.00 bits per heavy atom. The van der Waals surface area contributed by atoms with Crippen LogP contribution in [-0.2, 0) is 14.3 Å². The van der Waals surface area contributed by atoms with E-state index in [-0.39, 0.29) is 6.61 Å². The van der Waals surface area contributed by atoms with Crippen molar-refractivity contribution in [2.24, 2.45) is 0 Å². The minimum atomic E-state index is -0.595. The molecule has 0 fully saturated rings. The van der Waals surface area contributed by atoms with Gasteiger partial charge in [-0.1, -0.05) is 24.3 Å². The van der Waals surface area contributed by atoms with Gasteiger partial charge in [-0.05, 0) is 32.9 Å². The molecule has 1 aromatic heterocycles. The summed E-state index contributed by atoms with van der Waals surface area (Å²) in [6.07, 6.45) is 0. The smallest absolute Gasteiger partial charge is 0.338 e. The highest BCUT2D eigenvalue weighted by Gasteiger charge is 2.36. The summed E-state index contributed by atoms with van der Waals surface area (Å²) in [6.45, 7) is 5.42. The van der Waals surface area contributed by atoms with E-state index in [1.807, 2.05) is 36.4 Å². The monoisotopic (exact) mass is 334 g/mol. The number of hydrogen-bond acceptors (Lipinski definition) is 5. The third-order valence-electron chi connectivity index (χ3n) is 4.17. The Bertz CT molecular complexity index is 951. The first kappa shape index (κ1) is 16.7. The molecule has 126 valence electrons. The van der Waals surface area contributed by atoms with Gasteiger partial charge in [-0.15, -0.1) is 0 Å². The number of carbonyl (C=O) groups excluding carboxylic acids is 1. The van der Waals surface area contributed by atoms with E-state index in [0.29, 0.717) is 28.4 Å². The topological polar surface area (TPSA) is 72.2 Å². The van der Waals surface area contributed by atoms with Gasteiger partial charge in [0.15, 0.2) is 0 Å². The number of nitriles is 1. The van der Waals surface area contributed by atoms with Gasteiger partial charge in [-0.3, -0.25) is 4.98 Å². The molecule has 0 radical (unpaired) electrons. The maximum absolute atomic E-state index is 12.5. The second-order valence-corrected chi connectivity index (χ2v) is 5.74. The van der Waals surface area contributed by atoms with Gasteiger partial charge in [0, 0.05) is 5.39 Å². The zero-order valence-electron chi connectivity index (χ0n) is 14.4. The Morgan fingerprint density at radius 1 is 1.24 bits per heavy atom. The van der Waals surface area contributed by atoms with E-state index in [2.05, 4.69) is 11.1 Å². The standard InChI is InChI=1S/C20H18N2O3/c1-4-24-20(23)18-13(3)25-12(2)15(11-21)19(18)17-10-9-14-7-5-6-8-16(14)22-17/h5-10,19H,4H2,1-3H3. The highest BCUT2D eigenvalue weighted by atomic mass is 16.5. The first-order chi connectivity index (χ1) is 12.1. The number of allylic oxidation sites excluding steroid dienone is 3. The second-order valence-electron chi connectivity index (χ2n) is 5.74. The average Bonchev–Trinajstić information content (AvgIpc) is 2.60. The molecular formula is C20H18N2O3. The van der Waals surface area contributed by atoms with E-state index in [4.69, 9.17) is 9.47 Å². The third kappa shape index (κ3) is 2.99. The fourth-order valence-corrected chi connectivity index (χ4v) is 3.04. The molecule has 0 spiro atoms. The van der Waals surface area contributed by atoms with Crippen LogP contribution in [0.2, 0.25) is 0 Å². The SMILES string of the molecule is CCOC(=O)C1=C(C)OC(C)=C(C#N)C1c1ccc2ccccc2n1. The van der Waals surface area contributed by atoms with Crippen LogP contribution >= 0.6 is 0 Å². The second kappa shape index (κ2) is 6.78. The first-order valence-corrected chi connectivity index (χ1v) is 8.09. The molecule has 2 aromatic rings. The molecule has 25 heavy (non-hydrogen) atoms. The van der Waals surface area contributed by atoms with E-state index < -0.39 is 11.9 Å². The average molecular weight is 334 g/mol. The molecule has 1 aromatic carbocycles. The largest absolute Gasteiger partial charge is 0.465 e. The quantitative estimate of drug-likeness (QED) is 0.794. The van der Waals surface area contributed by atoms with Gasteiger partial charge in [-0.2, -0.15) is 5.26 Å². The number of esters is 1. The van der Waals surface area contributed by atoms with Crippen LogP contribution < -0.4 is 0 Å². The normalized spacial score (nSPS) is 17.3. The summed E-state index contributed by atoms with van der Waals surface area (Å²) in [4.78, 5) is 17.2. The van der Waals surface area contributed by atoms with Crippen LogP contribution in [0.15, 0.2) is 59.1 Å². The molecule has 0 bridgehead atoms. The van der Waals surface area contributed by atoms with E-state index >= 15 is 0 Å². The number of carbonyl (C=O) groups is 1. The van der Waals surface area contributed by atoms with Crippen LogP contribution in [0.3, 0.4) is 0 Å². The molecule has 5 heteroatoms. The maximum Gasteiger partial charge on any atom is 0.338 e. The molecule has 1 aliphatic heterocycles. The van der Waals surface area contributed by atoms with E-state index in [1.54, 1.807) is 20.8 Å². The van der Waals surface area contributed by atoms with Crippen molar-refractivity contribution in [2.75, 3.05) is 6.61 Å². The number of rotatable bonds is 3. The summed E-state index contributed by atoms with van der Waals surface area (Å²) >= 11 is 0. The van der Waals surface area contributed by atoms with Crippen molar-refractivity contribution in [2.45, 2.75) is 26.7 Å². The fraction of sp³-hybridized carbons (Fsp3) is 0.250. The molecule has 5 nitrogen and oxygen atoms in total. The van der Waals surface area contributed by atoms with Crippen molar-refractivity contribution in [1.29, 1.82) is 5.26 Å². The lowest BCUT2D eigenvalue weighted by atomic mass is 9.85. The molecule has 0 saturated heterocycles. The fourth-order valence-electron chi connectivity index (χ4n) is 3.04. The van der Waals surface area contributed by atoms with Gasteiger partial charge in [0.1, 0.15) is 11.5 Å². The van der Waals surface area contributed by atoms with Gasteiger partial charge in [0.25, 0.3) is 0 Å². The predicted octanol–water partition coefficient (Wildman–Crippen LogP) is 3.98. The molecule has 1 unspecified atom stereocenters. The van der Waals surface area contributed by atoms with Crippen molar-refractivity contribution in [1.82, 2.24) is 4.98 Å². The van der Waals surface area contributed by atoms with Gasteiger partial charge in [0.2, 0.25) is 0 Å². The summed E-state index contributed by atoms with van der Waals surface area (Å²) < 4.78 is 10.8. The van der Waals surface area contributed by atoms with Gasteiger partial charge in [0.05, 0.1) is 41.0 Å². The number of pyridine rings is 1. The van der Waals surface area contributed by atoms with Crippen LogP contribution in [0, 0.1) is 11.3 Å². The maximum atomic E-state index is 12.5. The minimum Gasteiger partial charge on any atom is -0.465 e. The molecule has 1 atom stereocenters. The van der Waals surface area contributed by atoms with Gasteiger partial charge in [-0.25, -0.2) is 4.79 Å². The number of nitrogens with zero attached hydrogens (tertiary/aromatic N) is 2. The number of aromatic nitrogens is 1. The molecule has 0 saturated carbocycles. The Labute approximate surface area is 146 Å². The molecule has 0 aliphatic carbocycles. The van der Waals surface area contributed by atoms with Crippen molar-refractivity contribution < 1.29 is 14.3 Å². The lowest BCUT2D eigenvalue weighted by Gasteiger charge is -2.26. The lowest BCUT2D eigenvalue weighted by molar-refractivity contribution is -0.139. The summed E-state index contributed by atoms with van der Waals surface area (Å²) in [6, 6.07) is 13.7. The van der Waals surface area contributed by atoms with Gasteiger partial charge < -0.3 is 9.47 Å². The number of hydrogen-bond donors (Lipinski definition) is 0. The molecule has 0 amide bonds. The third-order valence-corrected chi connectivity index (χ3v) is 4.17. The number of benzene rings is 1. The van der Waals surface area contributed by atoms with Crippen molar-refractivity contribution in [3.8, 4) is 6.07 Å². The Balaban J connectivity index is 2.19. The highest BCUT2D eigenvalue weighted by molar-refractivity contribution is 5.92. The summed E-state index contributed by atoms with van der Waals surface area (Å²) in [7, 11) is 0. The van der Waals surface area contributed by atoms with Crippen LogP contribution in [0.4, 0.5) is 0 Å². The van der Waals surface area contributed by atoms with E-state index in [0.717, 1.165) is 10.9 Å². The van der Waals surface area contributed by atoms with Crippen molar-refractivity contribution >= 4 is 16.9 Å². The van der Waals surface area contributed by atoms with Crippen molar-refractivity contribution in [3.63, 3.8) is 0 Å². The van der Waals surface area contributed by atoms with Crippen LogP contribution in [0.25, 0.3) is 10.9 Å². The number of ether oxygens (including phenoxy) is 2. The van der Waals surface area contributed by atoms with Crippen LogP contribution in [-0.4, -0.2) is 17.6 Å². The number of fused-ring (bicyclic) bond motifs is 1. The van der Waals surface area contributed by atoms with Crippen LogP contribution in [0.1, 0.15) is 32.4 Å². The molecule has 1 aliphatic rings. The van der Waals surface area contributed by atoms with E-state index in [9.17, 15) is 10.1 Å². The first-order valence-electron chi connectivity index (χ1n) is 8.09. The summed E-state index contributed by atoms with van der Waals surface area (Å²) in [5, 5.41) is 10.6. The van der Waals surface area contributed by atoms with Gasteiger partial charge >= 0.3 is 5.97 Å². The molecule has 3 rings (SSSR count). The lowest BCUT2D eigenvalue weighted by Crippen LogP contribution is -2.23. The zero-order valence-corrected chi connectivity index (χ0v) is 14.4. The molecular weight excluding hydrogens is 316 g/mol. The van der Waals surface area contributed by atoms with E-state index in [1.165, 1.54) is 0 Å². The molecule has 2 heterocycles. The Kier molecular flexibility index (Phi) is 4.53. The summed E-state index contributed by atoms with van der Waals surface area (Å²) in [5.74, 6) is -0.162. The minimum absolute atomic E-state index is 0.248. The summed E-state index contributed by atoms with van der Waals surface area (Å²) in [5.41, 5.74) is 2.13. The number of para-hydroxylation sites is 1. The Hall–Kier alpha value is -3.13. The molecule has 0 N–H and O–H groups in total. The zero-order chi connectivity index (χ0) is 18.0. The van der Waals surface area contributed by atoms with Crippen molar-refractivity contribution in [3.05, 3.63) is 64.8 Å².